The van der Waals surface area contributed by atoms with Crippen molar-refractivity contribution in [3.63, 3.8) is 0 Å². The van der Waals surface area contributed by atoms with Crippen LogP contribution in [0.5, 0.6) is 0 Å². The number of terminal acetylenes is 1. The number of nitrogens with zero attached hydrogens (tertiary/aromatic N) is 1. The fraction of sp³-hybridized carbons (Fsp3) is 0.286. The predicted molar refractivity (Wildman–Crippen MR) is 127 cm³/mol. The number of hydrogen-bond acceptors (Lipinski definition) is 2. The first-order valence-electron chi connectivity index (χ1n) is 10.8. The van der Waals surface area contributed by atoms with Gasteiger partial charge in [-0.05, 0) is 48.8 Å². The van der Waals surface area contributed by atoms with Crippen LogP contribution in [-0.4, -0.2) is 11.5 Å². The van der Waals surface area contributed by atoms with E-state index in [1.165, 1.54) is 19.1 Å². The van der Waals surface area contributed by atoms with Crippen LogP contribution in [0.4, 0.5) is 8.78 Å². The van der Waals surface area contributed by atoms with Crippen molar-refractivity contribution in [3.05, 3.63) is 88.0 Å². The van der Waals surface area contributed by atoms with Gasteiger partial charge < -0.3 is 0 Å². The molecule has 2 nitrogen and oxygen atoms in total. The van der Waals surface area contributed by atoms with Gasteiger partial charge in [0.15, 0.2) is 5.78 Å². The van der Waals surface area contributed by atoms with Crippen LogP contribution in [0.25, 0.3) is 5.70 Å². The summed E-state index contributed by atoms with van der Waals surface area (Å²) >= 11 is 0. The van der Waals surface area contributed by atoms with Gasteiger partial charge in [0.05, 0.1) is 5.70 Å². The number of alkyl halides is 2. The summed E-state index contributed by atoms with van der Waals surface area (Å²) in [6.07, 6.45) is 9.52. The molecule has 2 aromatic rings. The molecule has 4 heteroatoms. The average Bonchev–Trinajstić information content (AvgIpc) is 2.81. The van der Waals surface area contributed by atoms with E-state index in [-0.39, 0.29) is 17.8 Å². The largest absolute Gasteiger partial charge is 0.289 e. The first-order chi connectivity index (χ1) is 15.3. The number of halogens is 2. The van der Waals surface area contributed by atoms with Crippen LogP contribution in [0.3, 0.4) is 0 Å². The molecule has 0 radical (unpaired) electrons. The second-order valence-corrected chi connectivity index (χ2v) is 7.82. The molecule has 0 saturated heterocycles. The molecule has 0 saturated carbocycles. The van der Waals surface area contributed by atoms with Crippen molar-refractivity contribution in [1.82, 2.24) is 0 Å². The van der Waals surface area contributed by atoms with E-state index in [4.69, 9.17) is 11.4 Å². The maximum Gasteiger partial charge on any atom is 0.273 e. The fourth-order valence-electron chi connectivity index (χ4n) is 4.07. The number of Topliss-reactive ketones (excluding diaryl/α,β-unsaturated/α-hetero) is 1. The van der Waals surface area contributed by atoms with Gasteiger partial charge in [-0.25, -0.2) is 13.8 Å². The predicted octanol–water partition coefficient (Wildman–Crippen LogP) is 6.92. The summed E-state index contributed by atoms with van der Waals surface area (Å²) in [5.41, 5.74) is 6.03. The second-order valence-electron chi connectivity index (χ2n) is 7.82. The Morgan fingerprint density at radius 3 is 2.44 bits per heavy atom. The number of aliphatic imine (C=N–C) groups is 1. The summed E-state index contributed by atoms with van der Waals surface area (Å²) in [4.78, 5) is 17.3. The van der Waals surface area contributed by atoms with Crippen LogP contribution < -0.4 is 0 Å². The smallest absolute Gasteiger partial charge is 0.273 e. The molecule has 164 valence electrons. The minimum absolute atomic E-state index is 0.00585. The van der Waals surface area contributed by atoms with E-state index in [9.17, 15) is 13.6 Å². The van der Waals surface area contributed by atoms with Gasteiger partial charge in [-0.2, -0.15) is 0 Å². The SMILES string of the molecule is C#CC(=N/C(=C\C)c1ccc2c(c1CC)CCC(=C)C2=O)c1ccc(C(F)(F)CC)cc1. The number of fused-ring (bicyclic) bond motifs is 1. The third kappa shape index (κ3) is 4.34. The monoisotopic (exact) mass is 431 g/mol. The van der Waals surface area contributed by atoms with E-state index < -0.39 is 5.92 Å². The number of rotatable bonds is 6. The summed E-state index contributed by atoms with van der Waals surface area (Å²) in [7, 11) is 0. The van der Waals surface area contributed by atoms with Crippen LogP contribution in [0.15, 0.2) is 59.6 Å². The molecule has 0 spiro atoms. The summed E-state index contributed by atoms with van der Waals surface area (Å²) < 4.78 is 27.9. The van der Waals surface area contributed by atoms with Crippen LogP contribution in [0.1, 0.15) is 71.8 Å². The minimum Gasteiger partial charge on any atom is -0.289 e. The highest BCUT2D eigenvalue weighted by Crippen LogP contribution is 2.34. The van der Waals surface area contributed by atoms with Gasteiger partial charge in [-0.3, -0.25) is 4.79 Å². The zero-order chi connectivity index (χ0) is 23.5. The van der Waals surface area contributed by atoms with Crippen LogP contribution in [-0.2, 0) is 18.8 Å². The fourth-order valence-corrected chi connectivity index (χ4v) is 4.07. The number of benzene rings is 2. The van der Waals surface area contributed by atoms with Gasteiger partial charge in [0.25, 0.3) is 5.92 Å². The molecule has 0 unspecified atom stereocenters. The molecular formula is C28H27F2NO. The summed E-state index contributed by atoms with van der Waals surface area (Å²) in [6.45, 7) is 9.27. The summed E-state index contributed by atoms with van der Waals surface area (Å²) in [6, 6.07) is 9.72. The Bertz CT molecular complexity index is 1160. The highest BCUT2D eigenvalue weighted by molar-refractivity contribution is 6.15. The van der Waals surface area contributed by atoms with E-state index >= 15 is 0 Å². The van der Waals surface area contributed by atoms with E-state index in [1.807, 2.05) is 25.1 Å². The number of ketones is 1. The van der Waals surface area contributed by atoms with Crippen molar-refractivity contribution < 1.29 is 13.6 Å². The Hall–Kier alpha value is -3.32. The zero-order valence-corrected chi connectivity index (χ0v) is 18.8. The number of carbonyl (C=O) groups excluding carboxylic acids is 1. The Balaban J connectivity index is 2.04. The van der Waals surface area contributed by atoms with Crippen LogP contribution >= 0.6 is 0 Å². The molecule has 0 N–H and O–H groups in total. The topological polar surface area (TPSA) is 29.4 Å². The molecule has 32 heavy (non-hydrogen) atoms. The molecule has 1 aliphatic rings. The third-order valence-electron chi connectivity index (χ3n) is 5.97. The molecule has 0 bridgehead atoms. The lowest BCUT2D eigenvalue weighted by Gasteiger charge is -2.22. The van der Waals surface area contributed by atoms with E-state index in [2.05, 4.69) is 19.4 Å². The molecule has 0 fully saturated rings. The van der Waals surface area contributed by atoms with E-state index in [0.29, 0.717) is 34.5 Å². The second kappa shape index (κ2) is 9.44. The molecule has 2 aromatic carbocycles. The molecule has 0 amide bonds. The molecule has 0 heterocycles. The normalized spacial score (nSPS) is 14.9. The lowest BCUT2D eigenvalue weighted by molar-refractivity contribution is -0.00828. The van der Waals surface area contributed by atoms with Crippen molar-refractivity contribution in [2.24, 2.45) is 4.99 Å². The lowest BCUT2D eigenvalue weighted by atomic mass is 9.82. The summed E-state index contributed by atoms with van der Waals surface area (Å²) in [5.74, 6) is -0.273. The van der Waals surface area contributed by atoms with Gasteiger partial charge in [0.2, 0.25) is 0 Å². The van der Waals surface area contributed by atoms with Crippen molar-refractivity contribution in [3.8, 4) is 12.3 Å². The number of allylic oxidation sites excluding steroid dienone is 2. The average molecular weight is 432 g/mol. The Morgan fingerprint density at radius 2 is 1.88 bits per heavy atom. The number of hydrogen-bond donors (Lipinski definition) is 0. The highest BCUT2D eigenvalue weighted by atomic mass is 19.3. The van der Waals surface area contributed by atoms with Crippen molar-refractivity contribution >= 4 is 17.2 Å². The molecule has 0 aromatic heterocycles. The Kier molecular flexibility index (Phi) is 6.89. The lowest BCUT2D eigenvalue weighted by Crippen LogP contribution is -2.16. The number of carbonyl (C=O) groups is 1. The van der Waals surface area contributed by atoms with Gasteiger partial charge in [0, 0.05) is 28.7 Å². The van der Waals surface area contributed by atoms with Crippen LogP contribution in [0.2, 0.25) is 0 Å². The van der Waals surface area contributed by atoms with E-state index in [0.717, 1.165) is 29.5 Å². The summed E-state index contributed by atoms with van der Waals surface area (Å²) in [5, 5.41) is 0. The Morgan fingerprint density at radius 1 is 1.19 bits per heavy atom. The minimum atomic E-state index is -2.87. The van der Waals surface area contributed by atoms with Gasteiger partial charge in [0.1, 0.15) is 5.71 Å². The van der Waals surface area contributed by atoms with Crippen LogP contribution in [0, 0.1) is 12.3 Å². The first-order valence-corrected chi connectivity index (χ1v) is 10.8. The van der Waals surface area contributed by atoms with Gasteiger partial charge >= 0.3 is 0 Å². The van der Waals surface area contributed by atoms with E-state index in [1.54, 1.807) is 12.1 Å². The highest BCUT2D eigenvalue weighted by Gasteiger charge is 2.28. The first kappa shape index (κ1) is 23.3. The molecule has 3 rings (SSSR count). The van der Waals surface area contributed by atoms with Crippen molar-refractivity contribution in [2.45, 2.75) is 52.4 Å². The van der Waals surface area contributed by atoms with Crippen molar-refractivity contribution in [1.29, 1.82) is 0 Å². The maximum absolute atomic E-state index is 13.9. The standard InChI is InChI=1S/C28H27F2NO/c1-6-21-22-15-10-18(5)27(32)24(22)17-16-23(21)26(8-3)31-25(7-2)19-11-13-20(14-12-19)28(29,30)9-4/h2,8,11-14,16-17H,5-6,9-10,15H2,1,3-4H3/b26-8-,31-25?. The Labute approximate surface area is 188 Å². The van der Waals surface area contributed by atoms with Gasteiger partial charge in [-0.15, -0.1) is 6.42 Å². The third-order valence-corrected chi connectivity index (χ3v) is 5.97. The quantitative estimate of drug-likeness (QED) is 0.277. The molecule has 1 aliphatic carbocycles. The molecule has 0 atom stereocenters. The zero-order valence-electron chi connectivity index (χ0n) is 18.8. The van der Waals surface area contributed by atoms with Crippen molar-refractivity contribution in [2.75, 3.05) is 0 Å². The maximum atomic E-state index is 13.9. The molecular weight excluding hydrogens is 404 g/mol. The molecule has 0 aliphatic heterocycles. The van der Waals surface area contributed by atoms with Gasteiger partial charge in [-0.1, -0.05) is 62.9 Å².